The lowest BCUT2D eigenvalue weighted by atomic mass is 10.2. The fraction of sp³-hybridized carbons (Fsp3) is 0.636. The van der Waals surface area contributed by atoms with Crippen molar-refractivity contribution in [3.8, 4) is 0 Å². The standard InChI is InChI=1S/C11H18N4O2/c1-8-5-10(14-15(8)2)11(16)13-6-9-7-17-4-3-12-9/h5,9,12H,3-4,6-7H2,1-2H3,(H,13,16). The van der Waals surface area contributed by atoms with Crippen LogP contribution in [0.5, 0.6) is 0 Å². The van der Waals surface area contributed by atoms with E-state index in [2.05, 4.69) is 15.7 Å². The van der Waals surface area contributed by atoms with Crippen LogP contribution in [-0.2, 0) is 11.8 Å². The van der Waals surface area contributed by atoms with Crippen molar-refractivity contribution in [2.45, 2.75) is 13.0 Å². The van der Waals surface area contributed by atoms with E-state index < -0.39 is 0 Å². The molecule has 6 nitrogen and oxygen atoms in total. The fourth-order valence-electron chi connectivity index (χ4n) is 1.73. The third kappa shape index (κ3) is 3.04. The number of morpholine rings is 1. The van der Waals surface area contributed by atoms with Crippen LogP contribution in [0.1, 0.15) is 16.2 Å². The number of aromatic nitrogens is 2. The van der Waals surface area contributed by atoms with Gasteiger partial charge >= 0.3 is 0 Å². The molecule has 1 aliphatic heterocycles. The molecule has 94 valence electrons. The molecule has 1 aliphatic rings. The molecule has 1 saturated heterocycles. The monoisotopic (exact) mass is 238 g/mol. The van der Waals surface area contributed by atoms with Crippen LogP contribution in [0.3, 0.4) is 0 Å². The highest BCUT2D eigenvalue weighted by Crippen LogP contribution is 2.01. The van der Waals surface area contributed by atoms with Crippen LogP contribution in [0, 0.1) is 6.92 Å². The molecule has 2 rings (SSSR count). The second-order valence-electron chi connectivity index (χ2n) is 4.23. The maximum absolute atomic E-state index is 11.8. The zero-order valence-electron chi connectivity index (χ0n) is 10.2. The molecule has 1 aromatic heterocycles. The van der Waals surface area contributed by atoms with Crippen molar-refractivity contribution in [3.05, 3.63) is 17.5 Å². The summed E-state index contributed by atoms with van der Waals surface area (Å²) in [6, 6.07) is 1.97. The molecule has 0 saturated carbocycles. The van der Waals surface area contributed by atoms with E-state index >= 15 is 0 Å². The van der Waals surface area contributed by atoms with E-state index in [1.165, 1.54) is 0 Å². The summed E-state index contributed by atoms with van der Waals surface area (Å²) in [6.45, 7) is 4.70. The Bertz CT molecular complexity index is 377. The number of nitrogens with one attached hydrogen (secondary N) is 2. The average molecular weight is 238 g/mol. The number of carbonyl (C=O) groups is 1. The number of aryl methyl sites for hydroxylation is 2. The Hall–Kier alpha value is -1.40. The smallest absolute Gasteiger partial charge is 0.271 e. The lowest BCUT2D eigenvalue weighted by Gasteiger charge is -2.23. The van der Waals surface area contributed by atoms with Gasteiger partial charge in [0.05, 0.1) is 13.2 Å². The highest BCUT2D eigenvalue weighted by atomic mass is 16.5. The van der Waals surface area contributed by atoms with Crippen molar-refractivity contribution in [2.24, 2.45) is 7.05 Å². The summed E-state index contributed by atoms with van der Waals surface area (Å²) in [5, 5.41) is 10.3. The topological polar surface area (TPSA) is 68.2 Å². The fourth-order valence-corrected chi connectivity index (χ4v) is 1.73. The molecule has 0 radical (unpaired) electrons. The van der Waals surface area contributed by atoms with Crippen LogP contribution < -0.4 is 10.6 Å². The predicted octanol–water partition coefficient (Wildman–Crippen LogP) is -0.553. The molecule has 6 heteroatoms. The molecular formula is C11H18N4O2. The van der Waals surface area contributed by atoms with Crippen molar-refractivity contribution < 1.29 is 9.53 Å². The maximum Gasteiger partial charge on any atom is 0.271 e. The first kappa shape index (κ1) is 12.1. The highest BCUT2D eigenvalue weighted by Gasteiger charge is 2.16. The van der Waals surface area contributed by atoms with Crippen molar-refractivity contribution >= 4 is 5.91 Å². The van der Waals surface area contributed by atoms with Gasteiger partial charge < -0.3 is 15.4 Å². The highest BCUT2D eigenvalue weighted by molar-refractivity contribution is 5.92. The Balaban J connectivity index is 1.84. The van der Waals surface area contributed by atoms with Crippen LogP contribution in [-0.4, -0.2) is 48.0 Å². The number of carbonyl (C=O) groups excluding carboxylic acids is 1. The molecule has 1 fully saturated rings. The molecule has 0 spiro atoms. The van der Waals surface area contributed by atoms with Crippen LogP contribution in [0.25, 0.3) is 0 Å². The first-order valence-corrected chi connectivity index (χ1v) is 5.77. The van der Waals surface area contributed by atoms with Gasteiger partial charge in [-0.1, -0.05) is 0 Å². The van der Waals surface area contributed by atoms with Crippen LogP contribution in [0.15, 0.2) is 6.07 Å². The van der Waals surface area contributed by atoms with Gasteiger partial charge in [0.2, 0.25) is 0 Å². The number of nitrogens with zero attached hydrogens (tertiary/aromatic N) is 2. The molecule has 0 aromatic carbocycles. The van der Waals surface area contributed by atoms with Crippen molar-refractivity contribution in [2.75, 3.05) is 26.3 Å². The Labute approximate surface area is 100 Å². The Kier molecular flexibility index (Phi) is 3.75. The molecule has 1 atom stereocenters. The number of rotatable bonds is 3. The maximum atomic E-state index is 11.8. The molecular weight excluding hydrogens is 220 g/mol. The first-order chi connectivity index (χ1) is 8.16. The van der Waals surface area contributed by atoms with Crippen molar-refractivity contribution in [1.29, 1.82) is 0 Å². The molecule has 2 N–H and O–H groups in total. The van der Waals surface area contributed by atoms with E-state index in [4.69, 9.17) is 4.74 Å². The van der Waals surface area contributed by atoms with Gasteiger partial charge in [-0.15, -0.1) is 0 Å². The van der Waals surface area contributed by atoms with Crippen molar-refractivity contribution in [1.82, 2.24) is 20.4 Å². The molecule has 2 heterocycles. The van der Waals surface area contributed by atoms with Gasteiger partial charge in [0.15, 0.2) is 0 Å². The third-order valence-electron chi connectivity index (χ3n) is 2.85. The summed E-state index contributed by atoms with van der Waals surface area (Å²) in [6.07, 6.45) is 0. The third-order valence-corrected chi connectivity index (χ3v) is 2.85. The predicted molar refractivity (Wildman–Crippen MR) is 62.9 cm³/mol. The molecule has 1 aromatic rings. The quantitative estimate of drug-likeness (QED) is 0.741. The van der Waals surface area contributed by atoms with Gasteiger partial charge in [0, 0.05) is 31.9 Å². The number of hydrogen-bond donors (Lipinski definition) is 2. The Morgan fingerprint density at radius 2 is 2.59 bits per heavy atom. The second kappa shape index (κ2) is 5.29. The molecule has 0 bridgehead atoms. The van der Waals surface area contributed by atoms with Crippen LogP contribution in [0.2, 0.25) is 0 Å². The minimum atomic E-state index is -0.138. The lowest BCUT2D eigenvalue weighted by Crippen LogP contribution is -2.48. The zero-order chi connectivity index (χ0) is 12.3. The van der Waals surface area contributed by atoms with E-state index in [1.54, 1.807) is 10.7 Å². The SMILES string of the molecule is Cc1cc(C(=O)NCC2COCCN2)nn1C. The van der Waals surface area contributed by atoms with Crippen LogP contribution >= 0.6 is 0 Å². The number of ether oxygens (including phenoxy) is 1. The molecule has 1 unspecified atom stereocenters. The van der Waals surface area contributed by atoms with Gasteiger partial charge in [-0.2, -0.15) is 5.10 Å². The summed E-state index contributed by atoms with van der Waals surface area (Å²) < 4.78 is 7.00. The summed E-state index contributed by atoms with van der Waals surface area (Å²) in [5.41, 5.74) is 1.43. The summed E-state index contributed by atoms with van der Waals surface area (Å²) in [4.78, 5) is 11.8. The number of amides is 1. The summed E-state index contributed by atoms with van der Waals surface area (Å²) in [5.74, 6) is -0.138. The Morgan fingerprint density at radius 3 is 3.18 bits per heavy atom. The van der Waals surface area contributed by atoms with E-state index in [9.17, 15) is 4.79 Å². The van der Waals surface area contributed by atoms with E-state index in [1.807, 2.05) is 14.0 Å². The second-order valence-corrected chi connectivity index (χ2v) is 4.23. The lowest BCUT2D eigenvalue weighted by molar-refractivity contribution is 0.0733. The van der Waals surface area contributed by atoms with Crippen LogP contribution in [0.4, 0.5) is 0 Å². The number of hydrogen-bond acceptors (Lipinski definition) is 4. The van der Waals surface area contributed by atoms with E-state index in [-0.39, 0.29) is 11.9 Å². The van der Waals surface area contributed by atoms with Gasteiger partial charge in [-0.25, -0.2) is 0 Å². The van der Waals surface area contributed by atoms with Gasteiger partial charge in [-0.3, -0.25) is 9.48 Å². The minimum absolute atomic E-state index is 0.138. The average Bonchev–Trinajstić information content (AvgIpc) is 2.68. The van der Waals surface area contributed by atoms with Gasteiger partial charge in [-0.05, 0) is 13.0 Å². The summed E-state index contributed by atoms with van der Waals surface area (Å²) in [7, 11) is 1.82. The molecule has 17 heavy (non-hydrogen) atoms. The van der Waals surface area contributed by atoms with Gasteiger partial charge in [0.1, 0.15) is 5.69 Å². The minimum Gasteiger partial charge on any atom is -0.378 e. The normalized spacial score (nSPS) is 20.2. The van der Waals surface area contributed by atoms with E-state index in [0.717, 1.165) is 18.8 Å². The first-order valence-electron chi connectivity index (χ1n) is 5.77. The Morgan fingerprint density at radius 1 is 1.76 bits per heavy atom. The van der Waals surface area contributed by atoms with E-state index in [0.29, 0.717) is 18.8 Å². The van der Waals surface area contributed by atoms with Crippen molar-refractivity contribution in [3.63, 3.8) is 0 Å². The van der Waals surface area contributed by atoms with Gasteiger partial charge in [0.25, 0.3) is 5.91 Å². The largest absolute Gasteiger partial charge is 0.378 e. The summed E-state index contributed by atoms with van der Waals surface area (Å²) >= 11 is 0. The molecule has 0 aliphatic carbocycles. The molecule has 1 amide bonds. The zero-order valence-corrected chi connectivity index (χ0v) is 10.2.